The van der Waals surface area contributed by atoms with Crippen LogP contribution in [0.15, 0.2) is 53.0 Å². The number of aromatic nitrogens is 1. The molecule has 0 aromatic carbocycles. The lowest BCUT2D eigenvalue weighted by Crippen LogP contribution is -2.41. The van der Waals surface area contributed by atoms with Gasteiger partial charge in [0, 0.05) is 25.5 Å². The summed E-state index contributed by atoms with van der Waals surface area (Å²) >= 11 is 0. The van der Waals surface area contributed by atoms with Gasteiger partial charge in [-0.2, -0.15) is 0 Å². The summed E-state index contributed by atoms with van der Waals surface area (Å²) in [5, 5.41) is 2.67. The molecule has 6 nitrogen and oxygen atoms in total. The lowest BCUT2D eigenvalue weighted by atomic mass is 10.1. The number of furan rings is 1. The van der Waals surface area contributed by atoms with Crippen molar-refractivity contribution in [1.29, 1.82) is 0 Å². The van der Waals surface area contributed by atoms with Crippen LogP contribution in [0.4, 0.5) is 0 Å². The first kappa shape index (κ1) is 16.0. The summed E-state index contributed by atoms with van der Waals surface area (Å²) in [6.45, 7) is 1.42. The van der Waals surface area contributed by atoms with E-state index in [4.69, 9.17) is 4.42 Å². The fourth-order valence-electron chi connectivity index (χ4n) is 2.64. The third-order valence-electron chi connectivity index (χ3n) is 3.86. The number of carbonyl (C=O) groups excluding carboxylic acids is 2. The van der Waals surface area contributed by atoms with E-state index in [-0.39, 0.29) is 17.4 Å². The first-order chi connectivity index (χ1) is 11.7. The highest BCUT2D eigenvalue weighted by Gasteiger charge is 2.23. The number of rotatable bonds is 4. The molecule has 0 unspecified atom stereocenters. The molecule has 124 valence electrons. The smallest absolute Gasteiger partial charge is 0.291 e. The molecule has 1 saturated heterocycles. The van der Waals surface area contributed by atoms with E-state index >= 15 is 0 Å². The van der Waals surface area contributed by atoms with Gasteiger partial charge in [0.15, 0.2) is 5.76 Å². The van der Waals surface area contributed by atoms with Crippen LogP contribution < -0.4 is 5.32 Å². The number of likely N-dealkylation sites (tertiary alicyclic amines) is 1. The van der Waals surface area contributed by atoms with Crippen molar-refractivity contribution in [2.75, 3.05) is 13.1 Å². The van der Waals surface area contributed by atoms with Crippen LogP contribution in [-0.2, 0) is 4.79 Å². The van der Waals surface area contributed by atoms with E-state index in [0.717, 1.165) is 24.8 Å². The minimum atomic E-state index is -0.444. The van der Waals surface area contributed by atoms with Crippen LogP contribution in [0, 0.1) is 0 Å². The molecule has 0 atom stereocenters. The maximum Gasteiger partial charge on any atom is 0.291 e. The number of hydrogen-bond donors (Lipinski definition) is 1. The van der Waals surface area contributed by atoms with Gasteiger partial charge in [-0.3, -0.25) is 14.6 Å². The zero-order valence-corrected chi connectivity index (χ0v) is 13.3. The maximum atomic E-state index is 12.8. The number of carbonyl (C=O) groups is 2. The summed E-state index contributed by atoms with van der Waals surface area (Å²) in [5.41, 5.74) is 0.976. The summed E-state index contributed by atoms with van der Waals surface area (Å²) in [6, 6.07) is 6.80. The van der Waals surface area contributed by atoms with Gasteiger partial charge < -0.3 is 14.6 Å². The Kier molecular flexibility index (Phi) is 5.05. The first-order valence-electron chi connectivity index (χ1n) is 8.00. The summed E-state index contributed by atoms with van der Waals surface area (Å²) in [7, 11) is 0. The molecule has 1 aliphatic rings. The highest BCUT2D eigenvalue weighted by atomic mass is 16.3. The molecule has 3 heterocycles. The van der Waals surface area contributed by atoms with Crippen LogP contribution in [0.3, 0.4) is 0 Å². The van der Waals surface area contributed by atoms with Crippen molar-refractivity contribution >= 4 is 17.9 Å². The van der Waals surface area contributed by atoms with Crippen molar-refractivity contribution in [2.45, 2.75) is 19.3 Å². The molecule has 0 bridgehead atoms. The monoisotopic (exact) mass is 325 g/mol. The Balaban J connectivity index is 1.84. The Hall–Kier alpha value is -2.89. The van der Waals surface area contributed by atoms with Gasteiger partial charge in [0.2, 0.25) is 0 Å². The minimum absolute atomic E-state index is 0.165. The van der Waals surface area contributed by atoms with Crippen molar-refractivity contribution in [1.82, 2.24) is 15.2 Å². The molecule has 0 radical (unpaired) electrons. The number of pyridine rings is 1. The summed E-state index contributed by atoms with van der Waals surface area (Å²) in [6.07, 6.45) is 9.46. The normalized spacial score (nSPS) is 15.2. The topological polar surface area (TPSA) is 75.4 Å². The molecular formula is C18H19N3O3. The molecule has 0 spiro atoms. The van der Waals surface area contributed by atoms with E-state index < -0.39 is 5.91 Å². The predicted octanol–water partition coefficient (Wildman–Crippen LogP) is 2.46. The van der Waals surface area contributed by atoms with Gasteiger partial charge in [0.05, 0.1) is 6.26 Å². The highest BCUT2D eigenvalue weighted by molar-refractivity contribution is 6.04. The third kappa shape index (κ3) is 3.90. The van der Waals surface area contributed by atoms with Crippen LogP contribution in [0.25, 0.3) is 6.08 Å². The minimum Gasteiger partial charge on any atom is -0.459 e. The van der Waals surface area contributed by atoms with Crippen molar-refractivity contribution in [3.05, 3.63) is 59.9 Å². The van der Waals surface area contributed by atoms with Gasteiger partial charge >= 0.3 is 0 Å². The summed E-state index contributed by atoms with van der Waals surface area (Å²) in [5.74, 6) is -0.461. The van der Waals surface area contributed by atoms with Crippen LogP contribution in [0.2, 0.25) is 0 Å². The van der Waals surface area contributed by atoms with Crippen molar-refractivity contribution in [3.63, 3.8) is 0 Å². The molecule has 0 aliphatic carbocycles. The lowest BCUT2D eigenvalue weighted by Gasteiger charge is -2.27. The standard InChI is InChI=1S/C18H19N3O3/c22-17(16-7-5-11-24-16)20-15(12-14-6-4-8-19-13-14)18(23)21-9-2-1-3-10-21/h4-8,11-13H,1-3,9-10H2,(H,20,22)/b15-12+. The second-order valence-corrected chi connectivity index (χ2v) is 5.63. The highest BCUT2D eigenvalue weighted by Crippen LogP contribution is 2.14. The van der Waals surface area contributed by atoms with Crippen molar-refractivity contribution in [3.8, 4) is 0 Å². The molecule has 6 heteroatoms. The van der Waals surface area contributed by atoms with Gasteiger partial charge in [0.1, 0.15) is 5.70 Å². The molecule has 1 aliphatic heterocycles. The summed E-state index contributed by atoms with van der Waals surface area (Å²) in [4.78, 5) is 30.9. The zero-order chi connectivity index (χ0) is 16.8. The van der Waals surface area contributed by atoms with Crippen LogP contribution >= 0.6 is 0 Å². The average Bonchev–Trinajstić information content (AvgIpc) is 3.17. The number of nitrogens with one attached hydrogen (secondary N) is 1. The fraction of sp³-hybridized carbons (Fsp3) is 0.278. The van der Waals surface area contributed by atoms with Gasteiger partial charge in [0.25, 0.3) is 11.8 Å². The van der Waals surface area contributed by atoms with E-state index in [1.807, 2.05) is 6.07 Å². The third-order valence-corrected chi connectivity index (χ3v) is 3.86. The molecule has 2 aromatic rings. The van der Waals surface area contributed by atoms with Gasteiger partial charge in [-0.25, -0.2) is 0 Å². The molecular weight excluding hydrogens is 306 g/mol. The Morgan fingerprint density at radius 2 is 2.00 bits per heavy atom. The Morgan fingerprint density at radius 3 is 2.67 bits per heavy atom. The molecule has 3 rings (SSSR count). The van der Waals surface area contributed by atoms with Crippen LogP contribution in [-0.4, -0.2) is 34.8 Å². The number of nitrogens with zero attached hydrogens (tertiary/aromatic N) is 2. The number of amides is 2. The average molecular weight is 325 g/mol. The van der Waals surface area contributed by atoms with E-state index in [2.05, 4.69) is 10.3 Å². The quantitative estimate of drug-likeness (QED) is 0.876. The Labute approximate surface area is 140 Å². The largest absolute Gasteiger partial charge is 0.459 e. The van der Waals surface area contributed by atoms with Crippen LogP contribution in [0.1, 0.15) is 35.4 Å². The lowest BCUT2D eigenvalue weighted by molar-refractivity contribution is -0.128. The molecule has 1 fully saturated rings. The first-order valence-corrected chi connectivity index (χ1v) is 8.00. The van der Waals surface area contributed by atoms with Crippen LogP contribution in [0.5, 0.6) is 0 Å². The van der Waals surface area contributed by atoms with E-state index in [0.29, 0.717) is 13.1 Å². The SMILES string of the molecule is O=C(N/C(=C/c1cccnc1)C(=O)N1CCCCC1)c1ccco1. The zero-order valence-electron chi connectivity index (χ0n) is 13.3. The number of piperidine rings is 1. The maximum absolute atomic E-state index is 12.8. The molecule has 0 saturated carbocycles. The molecule has 24 heavy (non-hydrogen) atoms. The number of hydrogen-bond acceptors (Lipinski definition) is 4. The van der Waals surface area contributed by atoms with Gasteiger partial charge in [-0.05, 0) is 49.1 Å². The van der Waals surface area contributed by atoms with E-state index in [1.165, 1.54) is 6.26 Å². The van der Waals surface area contributed by atoms with E-state index in [9.17, 15) is 9.59 Å². The Bertz CT molecular complexity index is 717. The molecule has 1 N–H and O–H groups in total. The van der Waals surface area contributed by atoms with E-state index in [1.54, 1.807) is 41.6 Å². The summed E-state index contributed by atoms with van der Waals surface area (Å²) < 4.78 is 5.10. The van der Waals surface area contributed by atoms with Gasteiger partial charge in [-0.1, -0.05) is 6.07 Å². The van der Waals surface area contributed by atoms with Crippen molar-refractivity contribution in [2.24, 2.45) is 0 Å². The van der Waals surface area contributed by atoms with Gasteiger partial charge in [-0.15, -0.1) is 0 Å². The second-order valence-electron chi connectivity index (χ2n) is 5.63. The molecule has 2 amide bonds. The predicted molar refractivity (Wildman–Crippen MR) is 88.8 cm³/mol. The molecule has 2 aromatic heterocycles. The second kappa shape index (κ2) is 7.59. The fourth-order valence-corrected chi connectivity index (χ4v) is 2.64. The van der Waals surface area contributed by atoms with Crippen molar-refractivity contribution < 1.29 is 14.0 Å². The Morgan fingerprint density at radius 1 is 1.17 bits per heavy atom.